The van der Waals surface area contributed by atoms with E-state index < -0.39 is 11.8 Å². The van der Waals surface area contributed by atoms with E-state index in [0.717, 1.165) is 0 Å². The Morgan fingerprint density at radius 2 is 1.54 bits per heavy atom. The van der Waals surface area contributed by atoms with Crippen LogP contribution in [0.5, 0.6) is 5.75 Å². The molecule has 24 heavy (non-hydrogen) atoms. The molecule has 0 spiro atoms. The first-order valence-electron chi connectivity index (χ1n) is 6.49. The molecule has 0 bridgehead atoms. The van der Waals surface area contributed by atoms with E-state index in [1.807, 2.05) is 0 Å². The maximum Gasteiger partial charge on any atom is 0.276 e. The standard InChI is InChI=1S/C15H10Cl4N2O3/c16-9-4-2-1-3-8(9)15(23)21-20-14(22)7-24-13-6-11(18)10(17)5-12(13)19/h1-6H,7H2,(H,20,22)(H,21,23). The van der Waals surface area contributed by atoms with Gasteiger partial charge in [-0.1, -0.05) is 58.5 Å². The first-order chi connectivity index (χ1) is 11.4. The van der Waals surface area contributed by atoms with Crippen LogP contribution < -0.4 is 15.6 Å². The van der Waals surface area contributed by atoms with Crippen molar-refractivity contribution in [2.75, 3.05) is 6.61 Å². The molecule has 126 valence electrons. The molecule has 0 radical (unpaired) electrons. The van der Waals surface area contributed by atoms with Crippen LogP contribution in [0.2, 0.25) is 20.1 Å². The van der Waals surface area contributed by atoms with Gasteiger partial charge in [-0.2, -0.15) is 0 Å². The quantitative estimate of drug-likeness (QED) is 0.591. The number of hydrazine groups is 1. The van der Waals surface area contributed by atoms with Crippen LogP contribution >= 0.6 is 46.4 Å². The Morgan fingerprint density at radius 3 is 2.25 bits per heavy atom. The van der Waals surface area contributed by atoms with Gasteiger partial charge in [0.25, 0.3) is 11.8 Å². The molecule has 0 heterocycles. The first kappa shape index (κ1) is 18.7. The fraction of sp³-hybridized carbons (Fsp3) is 0.0667. The third-order valence-electron chi connectivity index (χ3n) is 2.77. The summed E-state index contributed by atoms with van der Waals surface area (Å²) in [4.78, 5) is 23.6. The van der Waals surface area contributed by atoms with Crippen LogP contribution in [0.1, 0.15) is 10.4 Å². The summed E-state index contributed by atoms with van der Waals surface area (Å²) >= 11 is 23.5. The average molecular weight is 408 g/mol. The minimum absolute atomic E-state index is 0.193. The zero-order valence-corrected chi connectivity index (χ0v) is 14.9. The van der Waals surface area contributed by atoms with Gasteiger partial charge in [-0.3, -0.25) is 20.4 Å². The average Bonchev–Trinajstić information content (AvgIpc) is 2.55. The highest BCUT2D eigenvalue weighted by atomic mass is 35.5. The molecule has 0 aliphatic carbocycles. The Balaban J connectivity index is 1.87. The fourth-order valence-corrected chi connectivity index (χ4v) is 2.45. The van der Waals surface area contributed by atoms with Gasteiger partial charge in [-0.05, 0) is 18.2 Å². The van der Waals surface area contributed by atoms with E-state index in [9.17, 15) is 9.59 Å². The summed E-state index contributed by atoms with van der Waals surface area (Å²) in [6.45, 7) is -0.388. The van der Waals surface area contributed by atoms with Crippen molar-refractivity contribution >= 4 is 58.2 Å². The largest absolute Gasteiger partial charge is 0.482 e. The predicted molar refractivity (Wildman–Crippen MR) is 94.0 cm³/mol. The fourth-order valence-electron chi connectivity index (χ4n) is 1.63. The molecular weight excluding hydrogens is 398 g/mol. The molecule has 2 aromatic rings. The van der Waals surface area contributed by atoms with Crippen molar-refractivity contribution in [3.63, 3.8) is 0 Å². The molecule has 0 aromatic heterocycles. The molecule has 2 aromatic carbocycles. The Morgan fingerprint density at radius 1 is 0.875 bits per heavy atom. The predicted octanol–water partition coefficient (Wildman–Crippen LogP) is 4.14. The van der Waals surface area contributed by atoms with Crippen LogP contribution in [-0.4, -0.2) is 18.4 Å². The van der Waals surface area contributed by atoms with Crippen LogP contribution in [0.15, 0.2) is 36.4 Å². The van der Waals surface area contributed by atoms with Crippen molar-refractivity contribution in [3.8, 4) is 5.75 Å². The van der Waals surface area contributed by atoms with Gasteiger partial charge in [0.1, 0.15) is 5.75 Å². The third kappa shape index (κ3) is 4.92. The van der Waals surface area contributed by atoms with E-state index in [1.165, 1.54) is 18.2 Å². The summed E-state index contributed by atoms with van der Waals surface area (Å²) < 4.78 is 5.23. The van der Waals surface area contributed by atoms with Gasteiger partial charge < -0.3 is 4.74 Å². The van der Waals surface area contributed by atoms with Gasteiger partial charge in [0, 0.05) is 6.07 Å². The van der Waals surface area contributed by atoms with Crippen LogP contribution in [0.4, 0.5) is 0 Å². The van der Waals surface area contributed by atoms with Gasteiger partial charge in [0.2, 0.25) is 0 Å². The van der Waals surface area contributed by atoms with Crippen molar-refractivity contribution in [2.24, 2.45) is 0 Å². The third-order valence-corrected chi connectivity index (χ3v) is 4.11. The molecule has 0 unspecified atom stereocenters. The zero-order valence-electron chi connectivity index (χ0n) is 11.9. The molecule has 5 nitrogen and oxygen atoms in total. The molecule has 2 N–H and O–H groups in total. The van der Waals surface area contributed by atoms with Gasteiger partial charge in [0.15, 0.2) is 6.61 Å². The summed E-state index contributed by atoms with van der Waals surface area (Å²) in [6, 6.07) is 9.22. The monoisotopic (exact) mass is 406 g/mol. The summed E-state index contributed by atoms with van der Waals surface area (Å²) in [7, 11) is 0. The molecule has 9 heteroatoms. The second-order valence-corrected chi connectivity index (χ2v) is 6.10. The van der Waals surface area contributed by atoms with Crippen molar-refractivity contribution in [3.05, 3.63) is 62.1 Å². The summed E-state index contributed by atoms with van der Waals surface area (Å²) in [5.41, 5.74) is 4.66. The Hall–Kier alpha value is -1.66. The maximum atomic E-state index is 11.9. The minimum atomic E-state index is -0.599. The number of ether oxygens (including phenoxy) is 1. The minimum Gasteiger partial charge on any atom is -0.482 e. The highest BCUT2D eigenvalue weighted by molar-refractivity contribution is 6.43. The second kappa shape index (κ2) is 8.44. The molecule has 0 atom stereocenters. The molecule has 2 rings (SSSR count). The highest BCUT2D eigenvalue weighted by Gasteiger charge is 2.12. The molecule has 0 aliphatic rings. The number of carbonyl (C=O) groups excluding carboxylic acids is 2. The first-order valence-corrected chi connectivity index (χ1v) is 8.00. The van der Waals surface area contributed by atoms with E-state index in [-0.39, 0.29) is 38.0 Å². The van der Waals surface area contributed by atoms with Gasteiger partial charge in [-0.25, -0.2) is 0 Å². The van der Waals surface area contributed by atoms with E-state index in [1.54, 1.807) is 18.2 Å². The van der Waals surface area contributed by atoms with Crippen LogP contribution in [-0.2, 0) is 4.79 Å². The van der Waals surface area contributed by atoms with Crippen LogP contribution in [0, 0.1) is 0 Å². The highest BCUT2D eigenvalue weighted by Crippen LogP contribution is 2.33. The Bertz CT molecular complexity index is 783. The number of hydrogen-bond acceptors (Lipinski definition) is 3. The van der Waals surface area contributed by atoms with Gasteiger partial charge in [-0.15, -0.1) is 0 Å². The van der Waals surface area contributed by atoms with Crippen molar-refractivity contribution in [1.82, 2.24) is 10.9 Å². The number of rotatable bonds is 4. The summed E-state index contributed by atoms with van der Waals surface area (Å²) in [6.07, 6.45) is 0. The lowest BCUT2D eigenvalue weighted by molar-refractivity contribution is -0.123. The van der Waals surface area contributed by atoms with E-state index in [2.05, 4.69) is 10.9 Å². The molecule has 0 saturated carbocycles. The molecular formula is C15H10Cl4N2O3. The van der Waals surface area contributed by atoms with Crippen molar-refractivity contribution in [2.45, 2.75) is 0 Å². The maximum absolute atomic E-state index is 11.9. The van der Waals surface area contributed by atoms with Crippen LogP contribution in [0.25, 0.3) is 0 Å². The Labute approximate surface area is 157 Å². The van der Waals surface area contributed by atoms with E-state index in [0.29, 0.717) is 0 Å². The summed E-state index contributed by atoms with van der Waals surface area (Å²) in [5.74, 6) is -0.960. The molecule has 0 saturated heterocycles. The number of nitrogens with one attached hydrogen (secondary N) is 2. The number of amides is 2. The van der Waals surface area contributed by atoms with Crippen molar-refractivity contribution < 1.29 is 14.3 Å². The van der Waals surface area contributed by atoms with E-state index in [4.69, 9.17) is 51.1 Å². The number of hydrogen-bond donors (Lipinski definition) is 2. The lowest BCUT2D eigenvalue weighted by atomic mass is 10.2. The number of benzene rings is 2. The Kier molecular flexibility index (Phi) is 6.57. The molecule has 0 fully saturated rings. The zero-order chi connectivity index (χ0) is 17.7. The lowest BCUT2D eigenvalue weighted by Crippen LogP contribution is -2.43. The van der Waals surface area contributed by atoms with Gasteiger partial charge >= 0.3 is 0 Å². The number of halogens is 4. The van der Waals surface area contributed by atoms with E-state index >= 15 is 0 Å². The second-order valence-electron chi connectivity index (χ2n) is 4.47. The lowest BCUT2D eigenvalue weighted by Gasteiger charge is -2.11. The van der Waals surface area contributed by atoms with Gasteiger partial charge in [0.05, 0.1) is 25.7 Å². The van der Waals surface area contributed by atoms with Crippen molar-refractivity contribution in [1.29, 1.82) is 0 Å². The van der Waals surface area contributed by atoms with Crippen LogP contribution in [0.3, 0.4) is 0 Å². The topological polar surface area (TPSA) is 67.4 Å². The summed E-state index contributed by atoms with van der Waals surface area (Å²) in [5, 5.41) is 0.981. The SMILES string of the molecule is O=C(COc1cc(Cl)c(Cl)cc1Cl)NNC(=O)c1ccccc1Cl. The smallest absolute Gasteiger partial charge is 0.276 e. The normalized spacial score (nSPS) is 10.2. The molecule has 0 aliphatic heterocycles. The molecule has 2 amide bonds. The number of carbonyl (C=O) groups is 2.